The number of H-pyrrole nitrogens is 1. The van der Waals surface area contributed by atoms with Crippen molar-refractivity contribution in [3.8, 4) is 0 Å². The molecule has 2 aromatic heterocycles. The van der Waals surface area contributed by atoms with Gasteiger partial charge in [-0.2, -0.15) is 11.3 Å². The van der Waals surface area contributed by atoms with E-state index in [1.165, 1.54) is 27.6 Å². The van der Waals surface area contributed by atoms with Gasteiger partial charge in [-0.3, -0.25) is 4.79 Å². The van der Waals surface area contributed by atoms with Gasteiger partial charge in [0.2, 0.25) is 5.91 Å². The van der Waals surface area contributed by atoms with Gasteiger partial charge in [0.05, 0.1) is 0 Å². The average Bonchev–Trinajstić information content (AvgIpc) is 3.42. The van der Waals surface area contributed by atoms with Crippen LogP contribution in [-0.4, -0.2) is 53.4 Å². The van der Waals surface area contributed by atoms with Gasteiger partial charge < -0.3 is 14.8 Å². The number of rotatable bonds is 6. The minimum Gasteiger partial charge on any atom is -0.361 e. The van der Waals surface area contributed by atoms with Crippen LogP contribution in [0, 0.1) is 0 Å². The Morgan fingerprint density at radius 1 is 1.18 bits per heavy atom. The zero-order chi connectivity index (χ0) is 19.5. The summed E-state index contributed by atoms with van der Waals surface area (Å²) in [5.74, 6) is 0.372. The fraction of sp³-hybridized carbons (Fsp3) is 0.435. The lowest BCUT2D eigenvalue weighted by Gasteiger charge is -2.34. The summed E-state index contributed by atoms with van der Waals surface area (Å²) < 4.78 is 0. The largest absolute Gasteiger partial charge is 0.361 e. The highest BCUT2D eigenvalue weighted by Gasteiger charge is 2.26. The molecule has 5 heteroatoms. The smallest absolute Gasteiger partial charge is 0.223 e. The standard InChI is InChI=1S/C23H29N3OS/c1-3-17-6-5-7-19-21(15-24-23(17)19)20(18-8-13-28-16-18)14-22(27)26-11-9-25(4-2)10-12-26/h5-8,13,15-16,20,24H,3-4,9-12,14H2,1-2H3. The number of aromatic nitrogens is 1. The van der Waals surface area contributed by atoms with Crippen molar-refractivity contribution < 1.29 is 4.79 Å². The van der Waals surface area contributed by atoms with Gasteiger partial charge in [0.15, 0.2) is 0 Å². The molecular weight excluding hydrogens is 366 g/mol. The van der Waals surface area contributed by atoms with Crippen LogP contribution < -0.4 is 0 Å². The lowest BCUT2D eigenvalue weighted by molar-refractivity contribution is -0.133. The maximum absolute atomic E-state index is 13.2. The first kappa shape index (κ1) is 19.2. The SMILES string of the molecule is CCc1cccc2c(C(CC(=O)N3CCN(CC)CC3)c3ccsc3)c[nH]c12. The quantitative estimate of drug-likeness (QED) is 0.668. The zero-order valence-electron chi connectivity index (χ0n) is 16.8. The van der Waals surface area contributed by atoms with E-state index in [-0.39, 0.29) is 11.8 Å². The van der Waals surface area contributed by atoms with Gasteiger partial charge in [-0.1, -0.05) is 32.0 Å². The number of aryl methyl sites for hydroxylation is 1. The molecule has 148 valence electrons. The minimum atomic E-state index is 0.101. The highest BCUT2D eigenvalue weighted by molar-refractivity contribution is 7.08. The summed E-state index contributed by atoms with van der Waals surface area (Å²) in [4.78, 5) is 21.1. The molecule has 1 aliphatic rings. The van der Waals surface area contributed by atoms with Crippen molar-refractivity contribution in [2.75, 3.05) is 32.7 Å². The third kappa shape index (κ3) is 3.74. The van der Waals surface area contributed by atoms with Crippen molar-refractivity contribution in [1.29, 1.82) is 0 Å². The second kappa shape index (κ2) is 8.50. The molecule has 1 fully saturated rings. The topological polar surface area (TPSA) is 39.3 Å². The van der Waals surface area contributed by atoms with E-state index in [1.54, 1.807) is 11.3 Å². The predicted molar refractivity (Wildman–Crippen MR) is 117 cm³/mol. The third-order valence-corrected chi connectivity index (χ3v) is 6.79. The monoisotopic (exact) mass is 395 g/mol. The third-order valence-electron chi connectivity index (χ3n) is 6.09. The number of amides is 1. The molecule has 1 aromatic carbocycles. The summed E-state index contributed by atoms with van der Waals surface area (Å²) >= 11 is 1.70. The molecule has 3 aromatic rings. The van der Waals surface area contributed by atoms with Crippen LogP contribution in [-0.2, 0) is 11.2 Å². The lowest BCUT2D eigenvalue weighted by atomic mass is 9.89. The number of hydrogen-bond donors (Lipinski definition) is 1. The van der Waals surface area contributed by atoms with Crippen LogP contribution in [0.25, 0.3) is 10.9 Å². The van der Waals surface area contributed by atoms with Gasteiger partial charge in [-0.05, 0) is 46.5 Å². The first-order chi connectivity index (χ1) is 13.7. The normalized spacial score (nSPS) is 16.6. The number of thiophene rings is 1. The number of hydrogen-bond acceptors (Lipinski definition) is 3. The number of nitrogens with zero attached hydrogens (tertiary/aromatic N) is 2. The maximum Gasteiger partial charge on any atom is 0.223 e. The molecule has 3 heterocycles. The number of carbonyl (C=O) groups excluding carboxylic acids is 1. The molecule has 4 rings (SSSR count). The molecule has 1 unspecified atom stereocenters. The molecular formula is C23H29N3OS. The first-order valence-corrected chi connectivity index (χ1v) is 11.3. The fourth-order valence-corrected chi connectivity index (χ4v) is 5.03. The zero-order valence-corrected chi connectivity index (χ0v) is 17.6. The summed E-state index contributed by atoms with van der Waals surface area (Å²) in [6.07, 6.45) is 3.65. The van der Waals surface area contributed by atoms with Crippen molar-refractivity contribution >= 4 is 28.1 Å². The number of aromatic amines is 1. The Kier molecular flexibility index (Phi) is 5.83. The number of benzene rings is 1. The molecule has 28 heavy (non-hydrogen) atoms. The highest BCUT2D eigenvalue weighted by Crippen LogP contribution is 2.36. The molecule has 0 bridgehead atoms. The van der Waals surface area contributed by atoms with E-state index in [4.69, 9.17) is 0 Å². The van der Waals surface area contributed by atoms with Crippen LogP contribution in [0.4, 0.5) is 0 Å². The summed E-state index contributed by atoms with van der Waals surface area (Å²) in [6.45, 7) is 9.09. The number of piperazine rings is 1. The summed E-state index contributed by atoms with van der Waals surface area (Å²) in [7, 11) is 0. The van der Waals surface area contributed by atoms with Crippen LogP contribution in [0.3, 0.4) is 0 Å². The predicted octanol–water partition coefficient (Wildman–Crippen LogP) is 4.48. The van der Waals surface area contributed by atoms with Crippen LogP contribution in [0.15, 0.2) is 41.2 Å². The molecule has 1 amide bonds. The van der Waals surface area contributed by atoms with E-state index in [0.717, 1.165) is 39.1 Å². The molecule has 1 N–H and O–H groups in total. The molecule has 0 aliphatic carbocycles. The number of likely N-dealkylation sites (N-methyl/N-ethyl adjacent to an activating group) is 1. The van der Waals surface area contributed by atoms with Crippen molar-refractivity contribution in [3.05, 3.63) is 57.9 Å². The van der Waals surface area contributed by atoms with Gasteiger partial charge in [-0.15, -0.1) is 0 Å². The first-order valence-electron chi connectivity index (χ1n) is 10.3. The Balaban J connectivity index is 1.62. The Morgan fingerprint density at radius 2 is 2.00 bits per heavy atom. The van der Waals surface area contributed by atoms with E-state index in [1.807, 2.05) is 0 Å². The number of fused-ring (bicyclic) bond motifs is 1. The minimum absolute atomic E-state index is 0.101. The Hall–Kier alpha value is -2.11. The summed E-state index contributed by atoms with van der Waals surface area (Å²) in [5, 5.41) is 5.55. The Morgan fingerprint density at radius 3 is 2.68 bits per heavy atom. The van der Waals surface area contributed by atoms with Crippen LogP contribution >= 0.6 is 11.3 Å². The van der Waals surface area contributed by atoms with Gasteiger partial charge in [0.25, 0.3) is 0 Å². The number of carbonyl (C=O) groups is 1. The van der Waals surface area contributed by atoms with E-state index in [2.05, 4.69) is 69.9 Å². The Labute approximate surface area is 171 Å². The maximum atomic E-state index is 13.2. The number of nitrogens with one attached hydrogen (secondary N) is 1. The van der Waals surface area contributed by atoms with Gasteiger partial charge in [0.1, 0.15) is 0 Å². The molecule has 0 radical (unpaired) electrons. The van der Waals surface area contributed by atoms with E-state index in [0.29, 0.717) is 6.42 Å². The fourth-order valence-electron chi connectivity index (χ4n) is 4.32. The second-order valence-electron chi connectivity index (χ2n) is 7.57. The van der Waals surface area contributed by atoms with Gasteiger partial charge >= 0.3 is 0 Å². The van der Waals surface area contributed by atoms with Crippen LogP contribution in [0.5, 0.6) is 0 Å². The highest BCUT2D eigenvalue weighted by atomic mass is 32.1. The second-order valence-corrected chi connectivity index (χ2v) is 8.35. The molecule has 0 spiro atoms. The molecule has 1 atom stereocenters. The van der Waals surface area contributed by atoms with Crippen LogP contribution in [0.2, 0.25) is 0 Å². The summed E-state index contributed by atoms with van der Waals surface area (Å²) in [5.41, 5.74) is 5.02. The van der Waals surface area contributed by atoms with Crippen LogP contribution in [0.1, 0.15) is 42.9 Å². The molecule has 1 aliphatic heterocycles. The van der Waals surface area contributed by atoms with Crippen molar-refractivity contribution in [2.24, 2.45) is 0 Å². The molecule has 4 nitrogen and oxygen atoms in total. The van der Waals surface area contributed by atoms with E-state index < -0.39 is 0 Å². The van der Waals surface area contributed by atoms with E-state index in [9.17, 15) is 4.79 Å². The summed E-state index contributed by atoms with van der Waals surface area (Å²) in [6, 6.07) is 8.67. The lowest BCUT2D eigenvalue weighted by Crippen LogP contribution is -2.48. The average molecular weight is 396 g/mol. The van der Waals surface area contributed by atoms with E-state index >= 15 is 0 Å². The van der Waals surface area contributed by atoms with Crippen molar-refractivity contribution in [1.82, 2.24) is 14.8 Å². The molecule has 1 saturated heterocycles. The molecule has 0 saturated carbocycles. The van der Waals surface area contributed by atoms with Crippen molar-refractivity contribution in [3.63, 3.8) is 0 Å². The van der Waals surface area contributed by atoms with Gasteiger partial charge in [0, 0.05) is 55.6 Å². The Bertz CT molecular complexity index is 923. The van der Waals surface area contributed by atoms with Gasteiger partial charge in [-0.25, -0.2) is 0 Å². The number of para-hydroxylation sites is 1. The van der Waals surface area contributed by atoms with Crippen molar-refractivity contribution in [2.45, 2.75) is 32.6 Å².